The van der Waals surface area contributed by atoms with Gasteiger partial charge >= 0.3 is 5.97 Å². The van der Waals surface area contributed by atoms with Gasteiger partial charge in [-0.25, -0.2) is 4.79 Å². The maximum Gasteiger partial charge on any atom is 0.339 e. The zero-order chi connectivity index (χ0) is 19.1. The molecule has 0 unspecified atom stereocenters. The molecule has 0 atom stereocenters. The lowest BCUT2D eigenvalue weighted by Gasteiger charge is -2.11. The van der Waals surface area contributed by atoms with Gasteiger partial charge in [0.15, 0.2) is 0 Å². The number of carboxylic acid groups (broad SMARTS) is 1. The van der Waals surface area contributed by atoms with Crippen molar-refractivity contribution in [1.82, 2.24) is 0 Å². The number of phenols is 1. The molecule has 2 aromatic rings. The molecule has 0 saturated carbocycles. The number of aliphatic imine (C=N–C) groups is 1. The van der Waals surface area contributed by atoms with E-state index in [1.807, 2.05) is 52.8 Å². The SMILES string of the molecule is CC.CC(Cc1c(Cl)ccc(C(=O)O)c1O)=Nc1c(C)cccc1C. The predicted octanol–water partition coefficient (Wildman–Crippen LogP) is 5.72. The molecule has 0 aliphatic carbocycles. The molecular formula is C20H24ClNO3. The van der Waals surface area contributed by atoms with Crippen LogP contribution in [0.2, 0.25) is 5.02 Å². The van der Waals surface area contributed by atoms with E-state index >= 15 is 0 Å². The van der Waals surface area contributed by atoms with E-state index in [1.165, 1.54) is 12.1 Å². The standard InChI is InChI=1S/C18H18ClNO3.C2H6/c1-10-5-4-6-11(2)16(10)20-12(3)9-14-15(19)8-7-13(17(14)21)18(22)23;1-2/h4-8,21H,9H2,1-3H3,(H,22,23);1-2H3. The summed E-state index contributed by atoms with van der Waals surface area (Å²) in [4.78, 5) is 15.7. The molecule has 5 heteroatoms. The Morgan fingerprint density at radius 1 is 1.12 bits per heavy atom. The van der Waals surface area contributed by atoms with E-state index in [-0.39, 0.29) is 17.7 Å². The van der Waals surface area contributed by atoms with E-state index < -0.39 is 5.97 Å². The Morgan fingerprint density at radius 3 is 2.20 bits per heavy atom. The van der Waals surface area contributed by atoms with Crippen LogP contribution in [-0.2, 0) is 6.42 Å². The van der Waals surface area contributed by atoms with Gasteiger partial charge < -0.3 is 10.2 Å². The van der Waals surface area contributed by atoms with Gasteiger partial charge in [-0.05, 0) is 44.0 Å². The van der Waals surface area contributed by atoms with Crippen LogP contribution in [0, 0.1) is 13.8 Å². The van der Waals surface area contributed by atoms with Crippen LogP contribution in [0.1, 0.15) is 47.8 Å². The number of carboxylic acids is 1. The molecular weight excluding hydrogens is 338 g/mol. The summed E-state index contributed by atoms with van der Waals surface area (Å²) >= 11 is 6.11. The number of aromatic carboxylic acids is 1. The average Bonchev–Trinajstić information content (AvgIpc) is 2.56. The molecule has 25 heavy (non-hydrogen) atoms. The topological polar surface area (TPSA) is 69.9 Å². The van der Waals surface area contributed by atoms with Gasteiger partial charge in [-0.3, -0.25) is 4.99 Å². The Hall–Kier alpha value is -2.33. The van der Waals surface area contributed by atoms with E-state index in [0.29, 0.717) is 10.6 Å². The molecule has 0 aromatic heterocycles. The van der Waals surface area contributed by atoms with Crippen molar-refractivity contribution in [3.05, 3.63) is 57.6 Å². The molecule has 0 bridgehead atoms. The van der Waals surface area contributed by atoms with Crippen LogP contribution < -0.4 is 0 Å². The second-order valence-corrected chi connectivity index (χ2v) is 5.90. The number of halogens is 1. The molecule has 0 aliphatic heterocycles. The first-order valence-corrected chi connectivity index (χ1v) is 8.53. The first-order valence-electron chi connectivity index (χ1n) is 8.15. The number of nitrogens with zero attached hydrogens (tertiary/aromatic N) is 1. The summed E-state index contributed by atoms with van der Waals surface area (Å²) < 4.78 is 0. The second kappa shape index (κ2) is 9.23. The number of carbonyl (C=O) groups is 1. The molecule has 2 aromatic carbocycles. The summed E-state index contributed by atoms with van der Waals surface area (Å²) in [7, 11) is 0. The van der Waals surface area contributed by atoms with Crippen LogP contribution in [0.15, 0.2) is 35.3 Å². The largest absolute Gasteiger partial charge is 0.507 e. The average molecular weight is 362 g/mol. The molecule has 0 spiro atoms. The fourth-order valence-corrected chi connectivity index (χ4v) is 2.64. The molecule has 134 valence electrons. The molecule has 0 saturated heterocycles. The minimum absolute atomic E-state index is 0.163. The first-order chi connectivity index (χ1) is 11.8. The van der Waals surface area contributed by atoms with Gasteiger partial charge in [-0.1, -0.05) is 43.6 Å². The van der Waals surface area contributed by atoms with Gasteiger partial charge in [0.2, 0.25) is 0 Å². The van der Waals surface area contributed by atoms with Crippen LogP contribution >= 0.6 is 11.6 Å². The van der Waals surface area contributed by atoms with Crippen molar-refractivity contribution in [2.24, 2.45) is 4.99 Å². The van der Waals surface area contributed by atoms with Crippen molar-refractivity contribution >= 4 is 29.0 Å². The van der Waals surface area contributed by atoms with E-state index in [0.717, 1.165) is 22.5 Å². The van der Waals surface area contributed by atoms with Crippen molar-refractivity contribution in [1.29, 1.82) is 0 Å². The molecule has 2 N–H and O–H groups in total. The van der Waals surface area contributed by atoms with Gasteiger partial charge in [0.05, 0.1) is 5.69 Å². The molecule has 4 nitrogen and oxygen atoms in total. The molecule has 0 radical (unpaired) electrons. The number of hydrogen-bond donors (Lipinski definition) is 2. The Balaban J connectivity index is 0.00000151. The van der Waals surface area contributed by atoms with E-state index in [1.54, 1.807) is 0 Å². The Labute approximate surface area is 153 Å². The maximum atomic E-state index is 11.1. The summed E-state index contributed by atoms with van der Waals surface area (Å²) in [5.41, 5.74) is 3.94. The third kappa shape index (κ3) is 5.07. The second-order valence-electron chi connectivity index (χ2n) is 5.49. The van der Waals surface area contributed by atoms with Gasteiger partial charge in [0, 0.05) is 22.7 Å². The van der Waals surface area contributed by atoms with Crippen molar-refractivity contribution in [3.8, 4) is 5.75 Å². The van der Waals surface area contributed by atoms with Crippen molar-refractivity contribution in [3.63, 3.8) is 0 Å². The number of aromatic hydroxyl groups is 1. The van der Waals surface area contributed by atoms with Gasteiger partial charge in [-0.2, -0.15) is 0 Å². The third-order valence-corrected chi connectivity index (χ3v) is 3.98. The van der Waals surface area contributed by atoms with E-state index in [4.69, 9.17) is 16.7 Å². The van der Waals surface area contributed by atoms with E-state index in [9.17, 15) is 9.90 Å². The van der Waals surface area contributed by atoms with Crippen LogP contribution in [0.25, 0.3) is 0 Å². The normalized spacial score (nSPS) is 10.9. The maximum absolute atomic E-state index is 11.1. The monoisotopic (exact) mass is 361 g/mol. The van der Waals surface area contributed by atoms with Crippen LogP contribution in [-0.4, -0.2) is 21.9 Å². The highest BCUT2D eigenvalue weighted by atomic mass is 35.5. The molecule has 0 fully saturated rings. The summed E-state index contributed by atoms with van der Waals surface area (Å²) in [6, 6.07) is 8.70. The van der Waals surface area contributed by atoms with E-state index in [2.05, 4.69) is 4.99 Å². The minimum atomic E-state index is -1.19. The Bertz CT molecular complexity index is 778. The Morgan fingerprint density at radius 2 is 1.68 bits per heavy atom. The molecule has 0 heterocycles. The third-order valence-electron chi connectivity index (χ3n) is 3.63. The predicted molar refractivity (Wildman–Crippen MR) is 104 cm³/mol. The van der Waals surface area contributed by atoms with Crippen molar-refractivity contribution < 1.29 is 15.0 Å². The highest BCUT2D eigenvalue weighted by molar-refractivity contribution is 6.32. The van der Waals surface area contributed by atoms with Gasteiger partial charge in [-0.15, -0.1) is 0 Å². The molecule has 0 amide bonds. The number of para-hydroxylation sites is 1. The number of rotatable bonds is 4. The lowest BCUT2D eigenvalue weighted by atomic mass is 10.0. The summed E-state index contributed by atoms with van der Waals surface area (Å²) in [5, 5.41) is 19.6. The zero-order valence-corrected chi connectivity index (χ0v) is 16.0. The fraction of sp³-hybridized carbons (Fsp3) is 0.300. The highest BCUT2D eigenvalue weighted by Crippen LogP contribution is 2.31. The zero-order valence-electron chi connectivity index (χ0n) is 15.2. The first kappa shape index (κ1) is 20.7. The summed E-state index contributed by atoms with van der Waals surface area (Å²) in [6.07, 6.45) is 0.277. The number of aryl methyl sites for hydroxylation is 2. The summed E-state index contributed by atoms with van der Waals surface area (Å²) in [5.74, 6) is -1.49. The van der Waals surface area contributed by atoms with Crippen LogP contribution in [0.5, 0.6) is 5.75 Å². The Kier molecular flexibility index (Phi) is 7.65. The minimum Gasteiger partial charge on any atom is -0.507 e. The fourth-order valence-electron chi connectivity index (χ4n) is 2.42. The molecule has 2 rings (SSSR count). The van der Waals surface area contributed by atoms with Crippen molar-refractivity contribution in [2.75, 3.05) is 0 Å². The highest BCUT2D eigenvalue weighted by Gasteiger charge is 2.17. The number of benzene rings is 2. The number of hydrogen-bond acceptors (Lipinski definition) is 3. The smallest absolute Gasteiger partial charge is 0.339 e. The molecule has 0 aliphatic rings. The van der Waals surface area contributed by atoms with Crippen LogP contribution in [0.4, 0.5) is 5.69 Å². The van der Waals surface area contributed by atoms with Gasteiger partial charge in [0.1, 0.15) is 11.3 Å². The van der Waals surface area contributed by atoms with Crippen molar-refractivity contribution in [2.45, 2.75) is 41.0 Å². The van der Waals surface area contributed by atoms with Crippen LogP contribution in [0.3, 0.4) is 0 Å². The lowest BCUT2D eigenvalue weighted by molar-refractivity contribution is 0.0693. The summed E-state index contributed by atoms with van der Waals surface area (Å²) in [6.45, 7) is 9.79. The lowest BCUT2D eigenvalue weighted by Crippen LogP contribution is -2.04. The quantitative estimate of drug-likeness (QED) is 0.684. The van der Waals surface area contributed by atoms with Gasteiger partial charge in [0.25, 0.3) is 0 Å².